The van der Waals surface area contributed by atoms with Crippen molar-refractivity contribution < 1.29 is 4.42 Å². The molecule has 0 radical (unpaired) electrons. The fraction of sp³-hybridized carbons (Fsp3) is 0. The van der Waals surface area contributed by atoms with Crippen molar-refractivity contribution >= 4 is 32.7 Å². The number of benzene rings is 5. The SMILES string of the molecule is c1ccc2c(c1)-c1cc3c(cc1-c1cccc4cccc-2c14)oc1ccccc13. The van der Waals surface area contributed by atoms with Crippen molar-refractivity contribution in [3.8, 4) is 33.4 Å². The molecule has 1 nitrogen and oxygen atoms in total. The van der Waals surface area contributed by atoms with Gasteiger partial charge in [-0.25, -0.2) is 0 Å². The molecule has 0 bridgehead atoms. The molecule has 29 heavy (non-hydrogen) atoms. The topological polar surface area (TPSA) is 13.1 Å². The van der Waals surface area contributed by atoms with Crippen LogP contribution in [0.4, 0.5) is 0 Å². The number of hydrogen-bond donors (Lipinski definition) is 0. The van der Waals surface area contributed by atoms with E-state index in [4.69, 9.17) is 4.42 Å². The maximum absolute atomic E-state index is 6.23. The van der Waals surface area contributed by atoms with Crippen LogP contribution in [0.25, 0.3) is 66.1 Å². The summed E-state index contributed by atoms with van der Waals surface area (Å²) in [5.74, 6) is 0. The predicted octanol–water partition coefficient (Wildman–Crippen LogP) is 8.05. The highest BCUT2D eigenvalue weighted by Crippen LogP contribution is 2.49. The summed E-state index contributed by atoms with van der Waals surface area (Å²) in [5, 5.41) is 4.93. The van der Waals surface area contributed by atoms with Crippen molar-refractivity contribution in [2.75, 3.05) is 0 Å². The Morgan fingerprint density at radius 1 is 0.414 bits per heavy atom. The number of rotatable bonds is 0. The first-order valence-corrected chi connectivity index (χ1v) is 9.96. The smallest absolute Gasteiger partial charge is 0.136 e. The highest BCUT2D eigenvalue weighted by molar-refractivity contribution is 6.16. The van der Waals surface area contributed by atoms with Crippen molar-refractivity contribution in [1.82, 2.24) is 0 Å². The van der Waals surface area contributed by atoms with Crippen molar-refractivity contribution in [2.45, 2.75) is 0 Å². The molecule has 0 atom stereocenters. The molecule has 0 unspecified atom stereocenters. The summed E-state index contributed by atoms with van der Waals surface area (Å²) in [6.45, 7) is 0. The van der Waals surface area contributed by atoms with Crippen LogP contribution in [0.15, 0.2) is 101 Å². The Labute approximate surface area is 167 Å². The van der Waals surface area contributed by atoms with E-state index >= 15 is 0 Å². The normalized spacial score (nSPS) is 12.1. The predicted molar refractivity (Wildman–Crippen MR) is 121 cm³/mol. The molecular weight excluding hydrogens is 352 g/mol. The first-order valence-electron chi connectivity index (χ1n) is 9.96. The van der Waals surface area contributed by atoms with Crippen LogP contribution in [-0.4, -0.2) is 0 Å². The molecule has 6 aromatic rings. The third kappa shape index (κ3) is 1.94. The molecule has 134 valence electrons. The van der Waals surface area contributed by atoms with Gasteiger partial charge >= 0.3 is 0 Å². The zero-order valence-corrected chi connectivity index (χ0v) is 15.6. The van der Waals surface area contributed by atoms with Crippen LogP contribution in [0.1, 0.15) is 0 Å². The zero-order chi connectivity index (χ0) is 18.9. The summed E-state index contributed by atoms with van der Waals surface area (Å²) in [6, 6.07) is 34.8. The van der Waals surface area contributed by atoms with Gasteiger partial charge in [0.1, 0.15) is 11.2 Å². The second-order valence-electron chi connectivity index (χ2n) is 7.75. The van der Waals surface area contributed by atoms with Gasteiger partial charge in [0, 0.05) is 10.8 Å². The summed E-state index contributed by atoms with van der Waals surface area (Å²) in [6.07, 6.45) is 0. The van der Waals surface area contributed by atoms with Crippen LogP contribution < -0.4 is 0 Å². The summed E-state index contributed by atoms with van der Waals surface area (Å²) < 4.78 is 6.23. The van der Waals surface area contributed by atoms with E-state index in [1.807, 2.05) is 12.1 Å². The molecule has 0 saturated heterocycles. The average molecular weight is 368 g/mol. The first kappa shape index (κ1) is 15.1. The Hall–Kier alpha value is -3.84. The molecule has 1 aliphatic rings. The monoisotopic (exact) mass is 368 g/mol. The molecule has 1 heterocycles. The van der Waals surface area contributed by atoms with Crippen LogP contribution >= 0.6 is 0 Å². The molecule has 0 N–H and O–H groups in total. The summed E-state index contributed by atoms with van der Waals surface area (Å²) in [7, 11) is 0. The molecule has 7 rings (SSSR count). The maximum Gasteiger partial charge on any atom is 0.136 e. The van der Waals surface area contributed by atoms with Crippen LogP contribution in [0, 0.1) is 0 Å². The standard InChI is InChI=1S/C28H16O/c1-2-10-19-18(9-1)21-12-5-7-17-8-6-13-22(28(17)21)24-16-27-25(15-23(19)24)20-11-3-4-14-26(20)29-27/h1-16H. The number of hydrogen-bond acceptors (Lipinski definition) is 1. The lowest BCUT2D eigenvalue weighted by atomic mass is 9.92. The Morgan fingerprint density at radius 2 is 1.03 bits per heavy atom. The fourth-order valence-electron chi connectivity index (χ4n) is 4.96. The summed E-state index contributed by atoms with van der Waals surface area (Å²) in [5.41, 5.74) is 9.52. The number of fused-ring (bicyclic) bond motifs is 8. The minimum Gasteiger partial charge on any atom is -0.456 e. The van der Waals surface area contributed by atoms with Gasteiger partial charge in [-0.1, -0.05) is 78.9 Å². The van der Waals surface area contributed by atoms with Crippen molar-refractivity contribution in [2.24, 2.45) is 0 Å². The van der Waals surface area contributed by atoms with Crippen LogP contribution in [-0.2, 0) is 0 Å². The second-order valence-corrected chi connectivity index (χ2v) is 7.75. The lowest BCUT2D eigenvalue weighted by Crippen LogP contribution is -1.85. The Kier molecular flexibility index (Phi) is 2.80. The van der Waals surface area contributed by atoms with E-state index in [1.165, 1.54) is 54.9 Å². The Bertz CT molecular complexity index is 1590. The summed E-state index contributed by atoms with van der Waals surface area (Å²) >= 11 is 0. The molecule has 0 saturated carbocycles. The highest BCUT2D eigenvalue weighted by Gasteiger charge is 2.22. The van der Waals surface area contributed by atoms with Crippen molar-refractivity contribution in [3.05, 3.63) is 97.1 Å². The van der Waals surface area contributed by atoms with E-state index in [9.17, 15) is 0 Å². The lowest BCUT2D eigenvalue weighted by molar-refractivity contribution is 0.669. The lowest BCUT2D eigenvalue weighted by Gasteiger charge is -2.11. The average Bonchev–Trinajstić information content (AvgIpc) is 3.09. The zero-order valence-electron chi connectivity index (χ0n) is 15.6. The van der Waals surface area contributed by atoms with Gasteiger partial charge in [0.05, 0.1) is 0 Å². The molecule has 0 aliphatic heterocycles. The molecule has 1 heteroatoms. The van der Waals surface area contributed by atoms with Crippen LogP contribution in [0.2, 0.25) is 0 Å². The van der Waals surface area contributed by atoms with E-state index in [0.717, 1.165) is 11.2 Å². The third-order valence-corrected chi connectivity index (χ3v) is 6.22. The molecule has 1 aromatic heterocycles. The van der Waals surface area contributed by atoms with Gasteiger partial charge in [0.2, 0.25) is 0 Å². The van der Waals surface area contributed by atoms with Crippen molar-refractivity contribution in [3.63, 3.8) is 0 Å². The highest BCUT2D eigenvalue weighted by atomic mass is 16.3. The second kappa shape index (κ2) is 5.36. The van der Waals surface area contributed by atoms with Gasteiger partial charge in [-0.3, -0.25) is 0 Å². The minimum atomic E-state index is 0.939. The van der Waals surface area contributed by atoms with Gasteiger partial charge in [-0.05, 0) is 62.4 Å². The van der Waals surface area contributed by atoms with Gasteiger partial charge < -0.3 is 4.42 Å². The Morgan fingerprint density at radius 3 is 1.86 bits per heavy atom. The van der Waals surface area contributed by atoms with Gasteiger partial charge in [0.25, 0.3) is 0 Å². The van der Waals surface area contributed by atoms with Gasteiger partial charge in [-0.2, -0.15) is 0 Å². The molecule has 0 amide bonds. The molecule has 1 aliphatic carbocycles. The van der Waals surface area contributed by atoms with Crippen LogP contribution in [0.5, 0.6) is 0 Å². The third-order valence-electron chi connectivity index (χ3n) is 6.22. The largest absolute Gasteiger partial charge is 0.456 e. The number of para-hydroxylation sites is 1. The summed E-state index contributed by atoms with van der Waals surface area (Å²) in [4.78, 5) is 0. The first-order chi connectivity index (χ1) is 14.4. The van der Waals surface area contributed by atoms with E-state index in [-0.39, 0.29) is 0 Å². The molecule has 0 spiro atoms. The van der Waals surface area contributed by atoms with Gasteiger partial charge in [-0.15, -0.1) is 0 Å². The molecule has 0 fully saturated rings. The number of furan rings is 1. The van der Waals surface area contributed by atoms with E-state index in [0.29, 0.717) is 0 Å². The van der Waals surface area contributed by atoms with Gasteiger partial charge in [0.15, 0.2) is 0 Å². The van der Waals surface area contributed by atoms with E-state index in [2.05, 4.69) is 84.9 Å². The van der Waals surface area contributed by atoms with Crippen LogP contribution in [0.3, 0.4) is 0 Å². The minimum absolute atomic E-state index is 0.939. The van der Waals surface area contributed by atoms with E-state index in [1.54, 1.807) is 0 Å². The Balaban J connectivity index is 1.74. The quantitative estimate of drug-likeness (QED) is 0.264. The maximum atomic E-state index is 6.23. The molecule has 5 aromatic carbocycles. The fourth-order valence-corrected chi connectivity index (χ4v) is 4.96. The molecular formula is C28H16O. The van der Waals surface area contributed by atoms with E-state index < -0.39 is 0 Å². The van der Waals surface area contributed by atoms with Crippen molar-refractivity contribution in [1.29, 1.82) is 0 Å².